The van der Waals surface area contributed by atoms with Crippen LogP contribution in [-0.2, 0) is 6.54 Å². The molecule has 0 radical (unpaired) electrons. The van der Waals surface area contributed by atoms with E-state index in [-0.39, 0.29) is 5.56 Å². The van der Waals surface area contributed by atoms with Crippen molar-refractivity contribution >= 4 is 11.8 Å². The Morgan fingerprint density at radius 3 is 3.31 bits per heavy atom. The third-order valence-electron chi connectivity index (χ3n) is 2.17. The fourth-order valence-electron chi connectivity index (χ4n) is 1.50. The molecule has 0 saturated heterocycles. The van der Waals surface area contributed by atoms with Gasteiger partial charge in [0.25, 0.3) is 0 Å². The van der Waals surface area contributed by atoms with Crippen LogP contribution in [-0.4, -0.2) is 27.4 Å². The zero-order valence-corrected chi connectivity index (χ0v) is 7.32. The Morgan fingerprint density at radius 2 is 2.62 bits per heavy atom. The molecule has 13 heavy (non-hydrogen) atoms. The van der Waals surface area contributed by atoms with Crippen molar-refractivity contribution in [1.29, 1.82) is 0 Å². The van der Waals surface area contributed by atoms with Gasteiger partial charge in [0.05, 0.1) is 6.20 Å². The first-order valence-corrected chi connectivity index (χ1v) is 4.21. The predicted octanol–water partition coefficient (Wildman–Crippen LogP) is 0.643. The Morgan fingerprint density at radius 1 is 1.85 bits per heavy atom. The van der Waals surface area contributed by atoms with Crippen molar-refractivity contribution in [1.82, 2.24) is 9.78 Å². The molecule has 1 aliphatic rings. The summed E-state index contributed by atoms with van der Waals surface area (Å²) in [6, 6.07) is 0. The number of carbonyl (C=O) groups is 1. The van der Waals surface area contributed by atoms with Crippen molar-refractivity contribution in [2.24, 2.45) is 5.92 Å². The van der Waals surface area contributed by atoms with Crippen LogP contribution in [0.3, 0.4) is 0 Å². The van der Waals surface area contributed by atoms with E-state index in [0.717, 1.165) is 13.1 Å². The Kier molecular flexibility index (Phi) is 1.72. The Labute approximate surface area is 75.4 Å². The number of hydrogen-bond donors (Lipinski definition) is 2. The number of hydrogen-bond acceptors (Lipinski definition) is 3. The Bertz CT molecular complexity index is 345. The highest BCUT2D eigenvalue weighted by atomic mass is 16.4. The van der Waals surface area contributed by atoms with Gasteiger partial charge in [-0.25, -0.2) is 9.48 Å². The normalized spacial score (nSPS) is 20.5. The highest BCUT2D eigenvalue weighted by molar-refractivity contribution is 5.93. The summed E-state index contributed by atoms with van der Waals surface area (Å²) in [6.45, 7) is 3.69. The maximum atomic E-state index is 10.7. The van der Waals surface area contributed by atoms with E-state index in [2.05, 4.69) is 17.3 Å². The largest absolute Gasteiger partial charge is 0.477 e. The highest BCUT2D eigenvalue weighted by Crippen LogP contribution is 2.21. The molecule has 0 bridgehead atoms. The van der Waals surface area contributed by atoms with Gasteiger partial charge in [0.1, 0.15) is 11.4 Å². The molecular weight excluding hydrogens is 170 g/mol. The van der Waals surface area contributed by atoms with Crippen LogP contribution >= 0.6 is 0 Å². The fourth-order valence-corrected chi connectivity index (χ4v) is 1.50. The van der Waals surface area contributed by atoms with E-state index in [1.807, 2.05) is 0 Å². The molecule has 0 fully saturated rings. The molecule has 0 spiro atoms. The number of aromatic carboxylic acids is 1. The zero-order valence-electron chi connectivity index (χ0n) is 7.32. The molecule has 0 amide bonds. The lowest BCUT2D eigenvalue weighted by molar-refractivity contribution is 0.0697. The molecule has 0 aromatic carbocycles. The molecule has 0 aliphatic carbocycles. The maximum absolute atomic E-state index is 10.7. The van der Waals surface area contributed by atoms with Gasteiger partial charge in [-0.2, -0.15) is 5.10 Å². The van der Waals surface area contributed by atoms with Gasteiger partial charge >= 0.3 is 5.97 Å². The summed E-state index contributed by atoms with van der Waals surface area (Å²) in [4.78, 5) is 10.7. The fraction of sp³-hybridized carbons (Fsp3) is 0.500. The summed E-state index contributed by atoms with van der Waals surface area (Å²) in [7, 11) is 0. The van der Waals surface area contributed by atoms with E-state index in [9.17, 15) is 4.79 Å². The second kappa shape index (κ2) is 2.76. The lowest BCUT2D eigenvalue weighted by Crippen LogP contribution is -2.26. The van der Waals surface area contributed by atoms with Crippen molar-refractivity contribution in [3.05, 3.63) is 11.8 Å². The third kappa shape index (κ3) is 1.26. The molecule has 2 rings (SSSR count). The number of carboxylic acids is 1. The summed E-state index contributed by atoms with van der Waals surface area (Å²) in [5.41, 5.74) is 0.256. The average molecular weight is 181 g/mol. The van der Waals surface area contributed by atoms with Gasteiger partial charge in [-0.15, -0.1) is 0 Å². The van der Waals surface area contributed by atoms with Crippen LogP contribution < -0.4 is 5.32 Å². The average Bonchev–Trinajstić information content (AvgIpc) is 2.46. The van der Waals surface area contributed by atoms with E-state index < -0.39 is 5.97 Å². The van der Waals surface area contributed by atoms with Gasteiger partial charge in [0.2, 0.25) is 0 Å². The highest BCUT2D eigenvalue weighted by Gasteiger charge is 2.21. The molecule has 2 heterocycles. The van der Waals surface area contributed by atoms with E-state index in [1.54, 1.807) is 4.68 Å². The first-order chi connectivity index (χ1) is 6.18. The lowest BCUT2D eigenvalue weighted by Gasteiger charge is -2.21. The molecule has 2 N–H and O–H groups in total. The molecule has 0 saturated carbocycles. The minimum Gasteiger partial charge on any atom is -0.477 e. The van der Waals surface area contributed by atoms with E-state index in [4.69, 9.17) is 5.11 Å². The van der Waals surface area contributed by atoms with Gasteiger partial charge in [-0.3, -0.25) is 0 Å². The Balaban J connectivity index is 2.39. The van der Waals surface area contributed by atoms with Gasteiger partial charge < -0.3 is 10.4 Å². The van der Waals surface area contributed by atoms with Crippen LogP contribution in [0, 0.1) is 5.92 Å². The van der Waals surface area contributed by atoms with Crippen molar-refractivity contribution < 1.29 is 9.90 Å². The Hall–Kier alpha value is -1.52. The summed E-state index contributed by atoms with van der Waals surface area (Å²) in [5, 5.41) is 15.9. The van der Waals surface area contributed by atoms with Crippen molar-refractivity contribution in [2.45, 2.75) is 13.5 Å². The number of nitrogens with one attached hydrogen (secondary N) is 1. The topological polar surface area (TPSA) is 67.2 Å². The summed E-state index contributed by atoms with van der Waals surface area (Å²) >= 11 is 0. The smallest absolute Gasteiger partial charge is 0.341 e. The number of fused-ring (bicyclic) bond motifs is 1. The molecule has 70 valence electrons. The zero-order chi connectivity index (χ0) is 9.42. The predicted molar refractivity (Wildman–Crippen MR) is 46.8 cm³/mol. The SMILES string of the molecule is CC1CNc2c(C(=O)O)cnn2C1. The van der Waals surface area contributed by atoms with E-state index >= 15 is 0 Å². The van der Waals surface area contributed by atoms with Crippen molar-refractivity contribution in [2.75, 3.05) is 11.9 Å². The summed E-state index contributed by atoms with van der Waals surface area (Å²) < 4.78 is 1.71. The second-order valence-corrected chi connectivity index (χ2v) is 3.38. The molecular formula is C8H11N3O2. The van der Waals surface area contributed by atoms with Crippen LogP contribution in [0.2, 0.25) is 0 Å². The van der Waals surface area contributed by atoms with E-state index in [1.165, 1.54) is 6.20 Å². The van der Waals surface area contributed by atoms with Gasteiger partial charge in [-0.05, 0) is 5.92 Å². The van der Waals surface area contributed by atoms with Gasteiger partial charge in [0, 0.05) is 13.1 Å². The molecule has 1 aromatic heterocycles. The number of aromatic nitrogens is 2. The number of anilines is 1. The number of nitrogens with zero attached hydrogens (tertiary/aromatic N) is 2. The monoisotopic (exact) mass is 181 g/mol. The molecule has 5 nitrogen and oxygen atoms in total. The summed E-state index contributed by atoms with van der Waals surface area (Å²) in [6.07, 6.45) is 1.39. The number of rotatable bonds is 1. The van der Waals surface area contributed by atoms with Crippen molar-refractivity contribution in [3.8, 4) is 0 Å². The molecule has 1 aromatic rings. The van der Waals surface area contributed by atoms with Crippen molar-refractivity contribution in [3.63, 3.8) is 0 Å². The van der Waals surface area contributed by atoms with Crippen LogP contribution in [0.25, 0.3) is 0 Å². The first-order valence-electron chi connectivity index (χ1n) is 4.21. The van der Waals surface area contributed by atoms with Crippen LogP contribution in [0.5, 0.6) is 0 Å². The maximum Gasteiger partial charge on any atom is 0.341 e. The molecule has 1 unspecified atom stereocenters. The third-order valence-corrected chi connectivity index (χ3v) is 2.17. The van der Waals surface area contributed by atoms with Gasteiger partial charge in [0.15, 0.2) is 0 Å². The first kappa shape index (κ1) is 8.10. The second-order valence-electron chi connectivity index (χ2n) is 3.38. The van der Waals surface area contributed by atoms with Crippen LogP contribution in [0.15, 0.2) is 6.20 Å². The molecule has 1 atom stereocenters. The quantitative estimate of drug-likeness (QED) is 0.667. The standard InChI is InChI=1S/C8H11N3O2/c1-5-2-9-7-6(8(12)13)3-10-11(7)4-5/h3,5,9H,2,4H2,1H3,(H,12,13). The van der Waals surface area contributed by atoms with Gasteiger partial charge in [-0.1, -0.05) is 6.92 Å². The van der Waals surface area contributed by atoms with E-state index in [0.29, 0.717) is 11.7 Å². The van der Waals surface area contributed by atoms with Crippen LogP contribution in [0.4, 0.5) is 5.82 Å². The number of carboxylic acid groups (broad SMARTS) is 1. The minimum absolute atomic E-state index is 0.256. The molecule has 1 aliphatic heterocycles. The van der Waals surface area contributed by atoms with Crippen LogP contribution in [0.1, 0.15) is 17.3 Å². The lowest BCUT2D eigenvalue weighted by atomic mass is 10.1. The minimum atomic E-state index is -0.927. The molecule has 5 heteroatoms. The summed E-state index contributed by atoms with van der Waals surface area (Å²) in [5.74, 6) is 0.197.